The molecule has 1 atom stereocenters. The molecule has 0 fully saturated rings. The van der Waals surface area contributed by atoms with Crippen LogP contribution in [0.2, 0.25) is 0 Å². The largest absolute Gasteiger partial charge is 0.350 e. The quantitative estimate of drug-likeness (QED) is 0.551. The lowest BCUT2D eigenvalue weighted by Gasteiger charge is -2.18. The molecule has 0 saturated heterocycles. The zero-order valence-electron chi connectivity index (χ0n) is 16.7. The summed E-state index contributed by atoms with van der Waals surface area (Å²) in [4.78, 5) is 23.6. The number of rotatable bonds is 9. The monoisotopic (exact) mass is 480 g/mol. The van der Waals surface area contributed by atoms with E-state index in [0.29, 0.717) is 12.0 Å². The van der Waals surface area contributed by atoms with Gasteiger partial charge in [-0.25, -0.2) is 12.7 Å². The maximum Gasteiger partial charge on any atom is 0.242 e. The van der Waals surface area contributed by atoms with Crippen molar-refractivity contribution < 1.29 is 18.0 Å². The molecule has 29 heavy (non-hydrogen) atoms. The Kier molecular flexibility index (Phi) is 8.13. The molecular formula is C21H25BrN2O4S. The first-order valence-corrected chi connectivity index (χ1v) is 11.5. The summed E-state index contributed by atoms with van der Waals surface area (Å²) < 4.78 is 27.4. The molecule has 0 unspecified atom stereocenters. The van der Waals surface area contributed by atoms with Gasteiger partial charge in [0, 0.05) is 30.0 Å². The average molecular weight is 481 g/mol. The van der Waals surface area contributed by atoms with Gasteiger partial charge in [0.05, 0.1) is 10.9 Å². The first-order chi connectivity index (χ1) is 13.6. The van der Waals surface area contributed by atoms with E-state index in [1.54, 1.807) is 0 Å². The van der Waals surface area contributed by atoms with Crippen molar-refractivity contribution in [2.75, 3.05) is 13.6 Å². The van der Waals surface area contributed by atoms with Crippen molar-refractivity contribution in [3.05, 3.63) is 64.1 Å². The van der Waals surface area contributed by atoms with Gasteiger partial charge in [0.1, 0.15) is 0 Å². The van der Waals surface area contributed by atoms with Crippen LogP contribution < -0.4 is 5.32 Å². The molecule has 1 amide bonds. The molecule has 6 nitrogen and oxygen atoms in total. The van der Waals surface area contributed by atoms with Crippen LogP contribution in [0.3, 0.4) is 0 Å². The third kappa shape index (κ3) is 6.48. The summed E-state index contributed by atoms with van der Waals surface area (Å²) in [7, 11) is -2.18. The fourth-order valence-electron chi connectivity index (χ4n) is 2.77. The van der Waals surface area contributed by atoms with E-state index in [4.69, 9.17) is 0 Å². The van der Waals surface area contributed by atoms with Crippen molar-refractivity contribution in [1.82, 2.24) is 9.62 Å². The fraction of sp³-hybridized carbons (Fsp3) is 0.333. The smallest absolute Gasteiger partial charge is 0.242 e. The van der Waals surface area contributed by atoms with Crippen molar-refractivity contribution in [2.24, 2.45) is 0 Å². The number of halogens is 1. The predicted octanol–water partition coefficient (Wildman–Crippen LogP) is 3.93. The lowest BCUT2D eigenvalue weighted by atomic mass is 10.1. The van der Waals surface area contributed by atoms with Crippen LogP contribution in [0, 0.1) is 0 Å². The Labute approximate surface area is 180 Å². The van der Waals surface area contributed by atoms with E-state index in [1.165, 1.54) is 42.5 Å². The van der Waals surface area contributed by atoms with Gasteiger partial charge in [-0.15, -0.1) is 0 Å². The fourth-order valence-corrected chi connectivity index (χ4v) is 4.25. The highest BCUT2D eigenvalue weighted by atomic mass is 79.9. The molecule has 2 rings (SSSR count). The highest BCUT2D eigenvalue weighted by molar-refractivity contribution is 9.10. The molecule has 0 aliphatic carbocycles. The lowest BCUT2D eigenvalue weighted by Crippen LogP contribution is -2.30. The maximum atomic E-state index is 12.6. The lowest BCUT2D eigenvalue weighted by molar-refractivity contribution is -0.121. The Morgan fingerprint density at radius 1 is 1.07 bits per heavy atom. The number of nitrogens with one attached hydrogen (secondary N) is 1. The van der Waals surface area contributed by atoms with E-state index in [0.717, 1.165) is 10.0 Å². The van der Waals surface area contributed by atoms with E-state index in [-0.39, 0.29) is 35.6 Å². The minimum Gasteiger partial charge on any atom is -0.350 e. The van der Waals surface area contributed by atoms with Crippen molar-refractivity contribution in [2.45, 2.75) is 37.6 Å². The van der Waals surface area contributed by atoms with Crippen LogP contribution in [0.15, 0.2) is 57.9 Å². The number of carbonyl (C=O) groups excluding carboxylic acids is 2. The second-order valence-corrected chi connectivity index (χ2v) is 9.81. The number of hydrogen-bond acceptors (Lipinski definition) is 4. The van der Waals surface area contributed by atoms with Gasteiger partial charge in [-0.2, -0.15) is 0 Å². The molecule has 1 N–H and O–H groups in total. The molecule has 0 spiro atoms. The Morgan fingerprint density at radius 3 is 2.21 bits per heavy atom. The number of Topliss-reactive ketones (excluding diaryl/α,β-unsaturated/α-hetero) is 1. The molecule has 8 heteroatoms. The summed E-state index contributed by atoms with van der Waals surface area (Å²) in [5, 5.41) is 2.92. The summed E-state index contributed by atoms with van der Waals surface area (Å²) in [5.41, 5.74) is 1.46. The third-order valence-electron chi connectivity index (χ3n) is 4.59. The zero-order chi connectivity index (χ0) is 21.6. The van der Waals surface area contributed by atoms with Crippen LogP contribution in [-0.4, -0.2) is 38.0 Å². The van der Waals surface area contributed by atoms with Crippen molar-refractivity contribution in [3.8, 4) is 0 Å². The average Bonchev–Trinajstić information content (AvgIpc) is 2.68. The van der Waals surface area contributed by atoms with Gasteiger partial charge in [-0.05, 0) is 50.1 Å². The molecule has 0 aliphatic heterocycles. The van der Waals surface area contributed by atoms with Gasteiger partial charge in [-0.1, -0.05) is 40.2 Å². The summed E-state index contributed by atoms with van der Waals surface area (Å²) >= 11 is 3.38. The Morgan fingerprint density at radius 2 is 1.66 bits per heavy atom. The Bertz CT molecular complexity index is 957. The van der Waals surface area contributed by atoms with Crippen molar-refractivity contribution in [3.63, 3.8) is 0 Å². The maximum absolute atomic E-state index is 12.6. The van der Waals surface area contributed by atoms with Crippen LogP contribution >= 0.6 is 15.9 Å². The number of amides is 1. The van der Waals surface area contributed by atoms with Crippen LogP contribution in [0.4, 0.5) is 0 Å². The minimum absolute atomic E-state index is 0.120. The van der Waals surface area contributed by atoms with Crippen molar-refractivity contribution in [1.29, 1.82) is 0 Å². The van der Waals surface area contributed by atoms with Crippen LogP contribution in [0.1, 0.15) is 48.7 Å². The molecule has 0 aromatic heterocycles. The first kappa shape index (κ1) is 23.3. The second kappa shape index (κ2) is 10.1. The standard InChI is InChI=1S/C21H25BrN2O4S/c1-15(17-6-10-19(22)11-7-17)23-21(26)5-4-14-24(3)29(27,28)20-12-8-18(9-13-20)16(2)25/h6-13,15H,4-5,14H2,1-3H3,(H,23,26)/t15-/m0/s1. The molecule has 2 aromatic rings. The molecular weight excluding hydrogens is 456 g/mol. The highest BCUT2D eigenvalue weighted by Crippen LogP contribution is 2.18. The van der Waals surface area contributed by atoms with Gasteiger partial charge in [0.15, 0.2) is 5.78 Å². The number of carbonyl (C=O) groups is 2. The molecule has 156 valence electrons. The summed E-state index contributed by atoms with van der Waals surface area (Å²) in [6.45, 7) is 3.55. The SMILES string of the molecule is CC(=O)c1ccc(S(=O)(=O)N(C)CCCC(=O)N[C@@H](C)c2ccc(Br)cc2)cc1. The molecule has 0 aliphatic rings. The number of ketones is 1. The van der Waals surface area contributed by atoms with Gasteiger partial charge < -0.3 is 5.32 Å². The van der Waals surface area contributed by atoms with E-state index < -0.39 is 10.0 Å². The molecule has 2 aromatic carbocycles. The van der Waals surface area contributed by atoms with Crippen LogP contribution in [0.5, 0.6) is 0 Å². The zero-order valence-corrected chi connectivity index (χ0v) is 19.1. The Hall–Kier alpha value is -2.03. The molecule has 0 bridgehead atoms. The van der Waals surface area contributed by atoms with Gasteiger partial charge in [-0.3, -0.25) is 9.59 Å². The predicted molar refractivity (Wildman–Crippen MR) is 116 cm³/mol. The molecule has 0 saturated carbocycles. The number of hydrogen-bond donors (Lipinski definition) is 1. The van der Waals surface area contributed by atoms with Gasteiger partial charge in [0.25, 0.3) is 0 Å². The molecule has 0 heterocycles. The van der Waals surface area contributed by atoms with Crippen molar-refractivity contribution >= 4 is 37.6 Å². The second-order valence-electron chi connectivity index (χ2n) is 6.85. The van der Waals surface area contributed by atoms with Crippen LogP contribution in [0.25, 0.3) is 0 Å². The van der Waals surface area contributed by atoms with E-state index in [9.17, 15) is 18.0 Å². The summed E-state index contributed by atoms with van der Waals surface area (Å²) in [6.07, 6.45) is 0.629. The van der Waals surface area contributed by atoms with E-state index >= 15 is 0 Å². The third-order valence-corrected chi connectivity index (χ3v) is 6.99. The van der Waals surface area contributed by atoms with Crippen LogP contribution in [-0.2, 0) is 14.8 Å². The topological polar surface area (TPSA) is 83.6 Å². The van der Waals surface area contributed by atoms with Gasteiger partial charge in [0.2, 0.25) is 15.9 Å². The Balaban J connectivity index is 1.86. The number of benzene rings is 2. The summed E-state index contributed by atoms with van der Waals surface area (Å²) in [6, 6.07) is 13.4. The van der Waals surface area contributed by atoms with E-state index in [1.807, 2.05) is 31.2 Å². The van der Waals surface area contributed by atoms with Gasteiger partial charge >= 0.3 is 0 Å². The highest BCUT2D eigenvalue weighted by Gasteiger charge is 2.21. The number of sulfonamides is 1. The van der Waals surface area contributed by atoms with E-state index in [2.05, 4.69) is 21.2 Å². The minimum atomic E-state index is -3.66. The normalized spacial score (nSPS) is 12.6. The molecule has 0 radical (unpaired) electrons. The first-order valence-electron chi connectivity index (χ1n) is 9.23. The number of nitrogens with zero attached hydrogens (tertiary/aromatic N) is 1. The summed E-state index contributed by atoms with van der Waals surface area (Å²) in [5.74, 6) is -0.247.